The lowest BCUT2D eigenvalue weighted by molar-refractivity contribution is 0.0314. The lowest BCUT2D eigenvalue weighted by Crippen LogP contribution is -2.33. The van der Waals surface area contributed by atoms with Gasteiger partial charge in [-0.05, 0) is 25.2 Å². The van der Waals surface area contributed by atoms with E-state index in [2.05, 4.69) is 12.0 Å². The molecule has 0 N–H and O–H groups in total. The standard InChI is InChI=1S/C15H24N2O2/c1-3-9-17-11-13(10-16-17)14(18)15(19-2)12-7-5-4-6-8-12/h10-12,15H,3-9H2,1-2H3. The van der Waals surface area contributed by atoms with E-state index in [0.29, 0.717) is 11.5 Å². The third-order valence-electron chi connectivity index (χ3n) is 3.96. The number of rotatable bonds is 6. The molecule has 1 aromatic heterocycles. The number of aryl methyl sites for hydroxylation is 1. The summed E-state index contributed by atoms with van der Waals surface area (Å²) in [5.74, 6) is 0.470. The zero-order valence-corrected chi connectivity index (χ0v) is 12.0. The van der Waals surface area contributed by atoms with Crippen molar-refractivity contribution in [2.45, 2.75) is 58.1 Å². The fourth-order valence-corrected chi connectivity index (χ4v) is 2.96. The van der Waals surface area contributed by atoms with Crippen LogP contribution in [0.5, 0.6) is 0 Å². The molecule has 4 heteroatoms. The minimum Gasteiger partial charge on any atom is -0.373 e. The molecule has 0 bridgehead atoms. The van der Waals surface area contributed by atoms with Crippen molar-refractivity contribution in [1.29, 1.82) is 0 Å². The third-order valence-corrected chi connectivity index (χ3v) is 3.96. The average molecular weight is 264 g/mol. The van der Waals surface area contributed by atoms with E-state index in [4.69, 9.17) is 4.74 Å². The van der Waals surface area contributed by atoms with Crippen LogP contribution in [0, 0.1) is 5.92 Å². The zero-order chi connectivity index (χ0) is 13.7. The Kier molecular flexibility index (Phi) is 5.14. The molecule has 0 amide bonds. The van der Waals surface area contributed by atoms with Crippen molar-refractivity contribution >= 4 is 5.78 Å². The van der Waals surface area contributed by atoms with Gasteiger partial charge >= 0.3 is 0 Å². The summed E-state index contributed by atoms with van der Waals surface area (Å²) in [7, 11) is 1.65. The van der Waals surface area contributed by atoms with Gasteiger partial charge < -0.3 is 4.74 Å². The first-order chi connectivity index (χ1) is 9.26. The number of ether oxygens (including phenoxy) is 1. The fourth-order valence-electron chi connectivity index (χ4n) is 2.96. The molecule has 1 aliphatic carbocycles. The molecule has 19 heavy (non-hydrogen) atoms. The van der Waals surface area contributed by atoms with E-state index >= 15 is 0 Å². The number of methoxy groups -OCH3 is 1. The first-order valence-corrected chi connectivity index (χ1v) is 7.35. The highest BCUT2D eigenvalue weighted by Crippen LogP contribution is 2.29. The summed E-state index contributed by atoms with van der Waals surface area (Å²) in [5.41, 5.74) is 0.686. The van der Waals surface area contributed by atoms with Crippen molar-refractivity contribution in [3.63, 3.8) is 0 Å². The van der Waals surface area contributed by atoms with Crippen LogP contribution in [0.1, 0.15) is 55.8 Å². The highest BCUT2D eigenvalue weighted by Gasteiger charge is 2.30. The predicted octanol–water partition coefficient (Wildman–Crippen LogP) is 3.07. The molecular formula is C15H24N2O2. The minimum atomic E-state index is -0.292. The van der Waals surface area contributed by atoms with E-state index in [1.165, 1.54) is 19.3 Å². The molecule has 1 aliphatic rings. The molecule has 0 aliphatic heterocycles. The highest BCUT2D eigenvalue weighted by molar-refractivity contribution is 5.99. The van der Waals surface area contributed by atoms with Gasteiger partial charge in [0.05, 0.1) is 11.8 Å². The normalized spacial score (nSPS) is 18.4. The number of carbonyl (C=O) groups is 1. The molecular weight excluding hydrogens is 240 g/mol. The first kappa shape index (κ1) is 14.3. The summed E-state index contributed by atoms with van der Waals surface area (Å²) in [5, 5.41) is 4.23. The van der Waals surface area contributed by atoms with Crippen LogP contribution >= 0.6 is 0 Å². The first-order valence-electron chi connectivity index (χ1n) is 7.35. The van der Waals surface area contributed by atoms with Gasteiger partial charge in [-0.1, -0.05) is 26.2 Å². The second-order valence-electron chi connectivity index (χ2n) is 5.41. The van der Waals surface area contributed by atoms with Crippen LogP contribution in [-0.2, 0) is 11.3 Å². The maximum Gasteiger partial charge on any atom is 0.194 e. The zero-order valence-electron chi connectivity index (χ0n) is 12.0. The van der Waals surface area contributed by atoms with Crippen LogP contribution in [-0.4, -0.2) is 28.8 Å². The van der Waals surface area contributed by atoms with Gasteiger partial charge in [-0.25, -0.2) is 0 Å². The van der Waals surface area contributed by atoms with E-state index in [1.54, 1.807) is 13.3 Å². The quantitative estimate of drug-likeness (QED) is 0.742. The van der Waals surface area contributed by atoms with E-state index in [9.17, 15) is 4.79 Å². The lowest BCUT2D eigenvalue weighted by Gasteiger charge is -2.27. The highest BCUT2D eigenvalue weighted by atomic mass is 16.5. The van der Waals surface area contributed by atoms with Crippen LogP contribution in [0.4, 0.5) is 0 Å². The molecule has 1 aromatic rings. The smallest absolute Gasteiger partial charge is 0.194 e. The number of nitrogens with zero attached hydrogens (tertiary/aromatic N) is 2. The maximum atomic E-state index is 12.5. The van der Waals surface area contributed by atoms with Gasteiger partial charge in [0.1, 0.15) is 6.10 Å². The van der Waals surface area contributed by atoms with E-state index in [-0.39, 0.29) is 11.9 Å². The van der Waals surface area contributed by atoms with Gasteiger partial charge in [-0.2, -0.15) is 5.10 Å². The summed E-state index contributed by atoms with van der Waals surface area (Å²) in [6, 6.07) is 0. The Bertz CT molecular complexity index is 408. The molecule has 0 saturated heterocycles. The van der Waals surface area contributed by atoms with Crippen LogP contribution in [0.25, 0.3) is 0 Å². The Morgan fingerprint density at radius 1 is 1.47 bits per heavy atom. The van der Waals surface area contributed by atoms with Crippen molar-refractivity contribution in [3.05, 3.63) is 18.0 Å². The number of hydrogen-bond acceptors (Lipinski definition) is 3. The van der Waals surface area contributed by atoms with Crippen molar-refractivity contribution in [2.24, 2.45) is 5.92 Å². The monoisotopic (exact) mass is 264 g/mol. The maximum absolute atomic E-state index is 12.5. The van der Waals surface area contributed by atoms with Gasteiger partial charge in [-0.3, -0.25) is 9.48 Å². The minimum absolute atomic E-state index is 0.0942. The SMILES string of the molecule is CCCn1cc(C(=O)C(OC)C2CCCCC2)cn1. The lowest BCUT2D eigenvalue weighted by atomic mass is 9.83. The molecule has 0 aromatic carbocycles. The Morgan fingerprint density at radius 3 is 2.84 bits per heavy atom. The number of Topliss-reactive ketones (excluding diaryl/α,β-unsaturated/α-hetero) is 1. The van der Waals surface area contributed by atoms with Gasteiger partial charge in [0, 0.05) is 19.9 Å². The molecule has 1 atom stereocenters. The molecule has 2 rings (SSSR count). The van der Waals surface area contributed by atoms with Crippen molar-refractivity contribution in [1.82, 2.24) is 9.78 Å². The van der Waals surface area contributed by atoms with Crippen molar-refractivity contribution in [3.8, 4) is 0 Å². The summed E-state index contributed by atoms with van der Waals surface area (Å²) >= 11 is 0. The number of carbonyl (C=O) groups excluding carboxylic acids is 1. The molecule has 1 unspecified atom stereocenters. The second-order valence-corrected chi connectivity index (χ2v) is 5.41. The Hall–Kier alpha value is -1.16. The van der Waals surface area contributed by atoms with E-state index in [0.717, 1.165) is 25.8 Å². The topological polar surface area (TPSA) is 44.1 Å². The van der Waals surface area contributed by atoms with Gasteiger partial charge in [0.15, 0.2) is 5.78 Å². The number of aromatic nitrogens is 2. The van der Waals surface area contributed by atoms with Crippen molar-refractivity contribution < 1.29 is 9.53 Å². The summed E-state index contributed by atoms with van der Waals surface area (Å²) in [4.78, 5) is 12.5. The van der Waals surface area contributed by atoms with Gasteiger partial charge in [0.25, 0.3) is 0 Å². The predicted molar refractivity (Wildman–Crippen MR) is 74.2 cm³/mol. The van der Waals surface area contributed by atoms with Crippen LogP contribution in [0.15, 0.2) is 12.4 Å². The third kappa shape index (κ3) is 3.44. The second kappa shape index (κ2) is 6.85. The average Bonchev–Trinajstić information content (AvgIpc) is 2.90. The molecule has 106 valence electrons. The number of ketones is 1. The molecule has 1 heterocycles. The van der Waals surface area contributed by atoms with Gasteiger partial charge in [0.2, 0.25) is 0 Å². The molecule has 0 radical (unpaired) electrons. The largest absolute Gasteiger partial charge is 0.373 e. The summed E-state index contributed by atoms with van der Waals surface area (Å²) in [6.45, 7) is 2.96. The summed E-state index contributed by atoms with van der Waals surface area (Å²) < 4.78 is 7.32. The Balaban J connectivity index is 2.05. The summed E-state index contributed by atoms with van der Waals surface area (Å²) in [6.07, 6.45) is 10.2. The van der Waals surface area contributed by atoms with E-state index < -0.39 is 0 Å². The van der Waals surface area contributed by atoms with Gasteiger partial charge in [-0.15, -0.1) is 0 Å². The van der Waals surface area contributed by atoms with Crippen LogP contribution < -0.4 is 0 Å². The molecule has 0 spiro atoms. The molecule has 1 saturated carbocycles. The number of hydrogen-bond donors (Lipinski definition) is 0. The molecule has 4 nitrogen and oxygen atoms in total. The Morgan fingerprint density at radius 2 is 2.21 bits per heavy atom. The van der Waals surface area contributed by atoms with Crippen LogP contribution in [0.3, 0.4) is 0 Å². The van der Waals surface area contributed by atoms with Crippen LogP contribution in [0.2, 0.25) is 0 Å². The Labute approximate surface area is 115 Å². The van der Waals surface area contributed by atoms with Crippen molar-refractivity contribution in [2.75, 3.05) is 7.11 Å². The van der Waals surface area contributed by atoms with E-state index in [1.807, 2.05) is 10.9 Å². The molecule has 1 fully saturated rings. The fraction of sp³-hybridized carbons (Fsp3) is 0.733.